The molecule has 4 heteroatoms. The first-order valence-corrected chi connectivity index (χ1v) is 6.12. The SMILES string of the molecule is Cc1ccc(C(=O)OCc2c(F)cccc2Cl)cc1. The summed E-state index contributed by atoms with van der Waals surface area (Å²) in [5.74, 6) is -0.983. The molecule has 0 heterocycles. The summed E-state index contributed by atoms with van der Waals surface area (Å²) < 4.78 is 18.5. The number of halogens is 2. The van der Waals surface area contributed by atoms with E-state index in [2.05, 4.69) is 0 Å². The molecule has 0 aliphatic carbocycles. The van der Waals surface area contributed by atoms with Gasteiger partial charge in [0.05, 0.1) is 10.6 Å². The Labute approximate surface area is 115 Å². The van der Waals surface area contributed by atoms with Gasteiger partial charge in [-0.3, -0.25) is 0 Å². The Bertz CT molecular complexity index is 573. The molecule has 0 amide bonds. The highest BCUT2D eigenvalue weighted by atomic mass is 35.5. The van der Waals surface area contributed by atoms with E-state index in [0.717, 1.165) is 5.56 Å². The van der Waals surface area contributed by atoms with Crippen molar-refractivity contribution in [2.75, 3.05) is 0 Å². The number of ether oxygens (including phenoxy) is 1. The summed E-state index contributed by atoms with van der Waals surface area (Å²) in [6.07, 6.45) is 0. The van der Waals surface area contributed by atoms with Crippen LogP contribution in [0.5, 0.6) is 0 Å². The van der Waals surface area contributed by atoms with Gasteiger partial charge in [-0.05, 0) is 31.2 Å². The van der Waals surface area contributed by atoms with Crippen LogP contribution in [0.4, 0.5) is 4.39 Å². The van der Waals surface area contributed by atoms with Gasteiger partial charge in [0.2, 0.25) is 0 Å². The minimum absolute atomic E-state index is 0.182. The Morgan fingerprint density at radius 2 is 1.89 bits per heavy atom. The van der Waals surface area contributed by atoms with Gasteiger partial charge in [0, 0.05) is 5.56 Å². The zero-order valence-corrected chi connectivity index (χ0v) is 11.1. The van der Waals surface area contributed by atoms with Crippen molar-refractivity contribution in [1.29, 1.82) is 0 Å². The first-order valence-electron chi connectivity index (χ1n) is 5.74. The number of hydrogen-bond acceptors (Lipinski definition) is 2. The van der Waals surface area contributed by atoms with Crippen LogP contribution in [0.15, 0.2) is 42.5 Å². The molecule has 0 saturated heterocycles. The lowest BCUT2D eigenvalue weighted by Gasteiger charge is -2.07. The summed E-state index contributed by atoms with van der Waals surface area (Å²) >= 11 is 5.85. The van der Waals surface area contributed by atoms with Crippen LogP contribution in [0, 0.1) is 12.7 Å². The van der Waals surface area contributed by atoms with Crippen LogP contribution in [0.3, 0.4) is 0 Å². The van der Waals surface area contributed by atoms with Crippen LogP contribution >= 0.6 is 11.6 Å². The Morgan fingerprint density at radius 1 is 1.21 bits per heavy atom. The van der Waals surface area contributed by atoms with E-state index < -0.39 is 11.8 Å². The Balaban J connectivity index is 2.06. The van der Waals surface area contributed by atoms with E-state index in [1.54, 1.807) is 18.2 Å². The van der Waals surface area contributed by atoms with Gasteiger partial charge in [0.15, 0.2) is 0 Å². The predicted octanol–water partition coefficient (Wildman–Crippen LogP) is 4.14. The normalized spacial score (nSPS) is 10.3. The molecule has 2 rings (SSSR count). The molecule has 2 nitrogen and oxygen atoms in total. The molecule has 19 heavy (non-hydrogen) atoms. The molecular weight excluding hydrogens is 267 g/mol. The zero-order valence-electron chi connectivity index (χ0n) is 10.3. The number of carbonyl (C=O) groups is 1. The molecule has 0 aliphatic heterocycles. The third kappa shape index (κ3) is 3.32. The maximum absolute atomic E-state index is 13.5. The van der Waals surface area contributed by atoms with E-state index in [9.17, 15) is 9.18 Å². The van der Waals surface area contributed by atoms with E-state index in [1.165, 1.54) is 12.1 Å². The maximum atomic E-state index is 13.5. The first kappa shape index (κ1) is 13.6. The van der Waals surface area contributed by atoms with Crippen molar-refractivity contribution in [3.63, 3.8) is 0 Å². The van der Waals surface area contributed by atoms with E-state index in [4.69, 9.17) is 16.3 Å². The molecule has 2 aromatic rings. The zero-order chi connectivity index (χ0) is 13.8. The highest BCUT2D eigenvalue weighted by molar-refractivity contribution is 6.31. The summed E-state index contributed by atoms with van der Waals surface area (Å²) in [5.41, 5.74) is 1.66. The minimum atomic E-state index is -0.501. The number of hydrogen-bond donors (Lipinski definition) is 0. The van der Waals surface area contributed by atoms with Crippen molar-refractivity contribution in [3.05, 3.63) is 70.0 Å². The quantitative estimate of drug-likeness (QED) is 0.789. The average molecular weight is 279 g/mol. The van der Waals surface area contributed by atoms with Gasteiger partial charge >= 0.3 is 5.97 Å². The second-order valence-corrected chi connectivity index (χ2v) is 4.55. The largest absolute Gasteiger partial charge is 0.457 e. The topological polar surface area (TPSA) is 26.3 Å². The molecule has 0 N–H and O–H groups in total. The van der Waals surface area contributed by atoms with Crippen LogP contribution < -0.4 is 0 Å². The fraction of sp³-hybridized carbons (Fsp3) is 0.133. The fourth-order valence-corrected chi connectivity index (χ4v) is 1.80. The molecular formula is C15H12ClFO2. The molecule has 0 spiro atoms. The van der Waals surface area contributed by atoms with Crippen molar-refractivity contribution in [3.8, 4) is 0 Å². The number of esters is 1. The van der Waals surface area contributed by atoms with Crippen LogP contribution in [-0.4, -0.2) is 5.97 Å². The molecule has 2 aromatic carbocycles. The van der Waals surface area contributed by atoms with E-state index in [0.29, 0.717) is 5.56 Å². The smallest absolute Gasteiger partial charge is 0.338 e. The summed E-state index contributed by atoms with van der Waals surface area (Å²) in [6.45, 7) is 1.74. The summed E-state index contributed by atoms with van der Waals surface area (Å²) in [4.78, 5) is 11.8. The first-order chi connectivity index (χ1) is 9.08. The second-order valence-electron chi connectivity index (χ2n) is 4.14. The predicted molar refractivity (Wildman–Crippen MR) is 71.7 cm³/mol. The Kier molecular flexibility index (Phi) is 4.17. The third-order valence-corrected chi connectivity index (χ3v) is 3.05. The van der Waals surface area contributed by atoms with Crippen molar-refractivity contribution in [1.82, 2.24) is 0 Å². The molecule has 0 radical (unpaired) electrons. The molecule has 0 aromatic heterocycles. The van der Waals surface area contributed by atoms with Crippen LogP contribution in [-0.2, 0) is 11.3 Å². The van der Waals surface area contributed by atoms with E-state index >= 15 is 0 Å². The Hall–Kier alpha value is -1.87. The standard InChI is InChI=1S/C15H12ClFO2/c1-10-5-7-11(8-6-10)15(18)19-9-12-13(16)3-2-4-14(12)17/h2-8H,9H2,1H3. The van der Waals surface area contributed by atoms with Crippen molar-refractivity contribution >= 4 is 17.6 Å². The van der Waals surface area contributed by atoms with Crippen molar-refractivity contribution in [2.45, 2.75) is 13.5 Å². The number of carbonyl (C=O) groups excluding carboxylic acids is 1. The molecule has 0 unspecified atom stereocenters. The summed E-state index contributed by atoms with van der Waals surface area (Å²) in [6, 6.07) is 11.3. The van der Waals surface area contributed by atoms with Crippen molar-refractivity contribution in [2.24, 2.45) is 0 Å². The van der Waals surface area contributed by atoms with Gasteiger partial charge in [-0.2, -0.15) is 0 Å². The summed E-state index contributed by atoms with van der Waals surface area (Å²) in [5, 5.41) is 0.247. The van der Waals surface area contributed by atoms with E-state index in [1.807, 2.05) is 19.1 Å². The molecule has 0 saturated carbocycles. The molecule has 0 fully saturated rings. The monoisotopic (exact) mass is 278 g/mol. The maximum Gasteiger partial charge on any atom is 0.338 e. The summed E-state index contributed by atoms with van der Waals surface area (Å²) in [7, 11) is 0. The number of benzene rings is 2. The average Bonchev–Trinajstić information content (AvgIpc) is 2.38. The molecule has 0 atom stereocenters. The fourth-order valence-electron chi connectivity index (χ4n) is 1.58. The van der Waals surface area contributed by atoms with Gasteiger partial charge in [-0.15, -0.1) is 0 Å². The van der Waals surface area contributed by atoms with Gasteiger partial charge in [-0.25, -0.2) is 9.18 Å². The van der Waals surface area contributed by atoms with Crippen LogP contribution in [0.1, 0.15) is 21.5 Å². The lowest BCUT2D eigenvalue weighted by atomic mass is 10.1. The van der Waals surface area contributed by atoms with E-state index in [-0.39, 0.29) is 17.2 Å². The lowest BCUT2D eigenvalue weighted by Crippen LogP contribution is -2.06. The van der Waals surface area contributed by atoms with Gasteiger partial charge in [-0.1, -0.05) is 35.4 Å². The van der Waals surface area contributed by atoms with Crippen LogP contribution in [0.25, 0.3) is 0 Å². The minimum Gasteiger partial charge on any atom is -0.457 e. The molecule has 98 valence electrons. The van der Waals surface area contributed by atoms with Gasteiger partial charge in [0.25, 0.3) is 0 Å². The molecule has 0 bridgehead atoms. The van der Waals surface area contributed by atoms with Gasteiger partial charge < -0.3 is 4.74 Å². The van der Waals surface area contributed by atoms with Crippen molar-refractivity contribution < 1.29 is 13.9 Å². The molecule has 0 aliphatic rings. The number of aryl methyl sites for hydroxylation is 1. The third-order valence-electron chi connectivity index (χ3n) is 2.70. The second kappa shape index (κ2) is 5.85. The Morgan fingerprint density at radius 3 is 2.53 bits per heavy atom. The highest BCUT2D eigenvalue weighted by Gasteiger charge is 2.11. The highest BCUT2D eigenvalue weighted by Crippen LogP contribution is 2.20. The lowest BCUT2D eigenvalue weighted by molar-refractivity contribution is 0.0469. The number of rotatable bonds is 3. The van der Waals surface area contributed by atoms with Crippen LogP contribution in [0.2, 0.25) is 5.02 Å². The van der Waals surface area contributed by atoms with Gasteiger partial charge in [0.1, 0.15) is 12.4 Å².